The third kappa shape index (κ3) is 3.11. The van der Waals surface area contributed by atoms with Crippen LogP contribution in [0.3, 0.4) is 0 Å². The maximum atomic E-state index is 14.2. The van der Waals surface area contributed by atoms with Gasteiger partial charge in [-0.1, -0.05) is 37.6 Å². The lowest BCUT2D eigenvalue weighted by Gasteiger charge is -2.43. The van der Waals surface area contributed by atoms with Gasteiger partial charge in [0, 0.05) is 5.57 Å². The molecule has 0 spiro atoms. The van der Waals surface area contributed by atoms with E-state index in [1.54, 1.807) is 24.3 Å². The number of benzene rings is 2. The fraction of sp³-hybridized carbons (Fsp3) is 0.292. The predicted molar refractivity (Wildman–Crippen MR) is 108 cm³/mol. The van der Waals surface area contributed by atoms with Gasteiger partial charge in [0.1, 0.15) is 28.7 Å². The number of carbonyl (C=O) groups is 1. The highest BCUT2D eigenvalue weighted by molar-refractivity contribution is 6.13. The highest BCUT2D eigenvalue weighted by Crippen LogP contribution is 2.49. The van der Waals surface area contributed by atoms with Crippen molar-refractivity contribution in [3.63, 3.8) is 0 Å². The van der Waals surface area contributed by atoms with Gasteiger partial charge >= 0.3 is 0 Å². The fourth-order valence-electron chi connectivity index (χ4n) is 4.25. The van der Waals surface area contributed by atoms with Crippen LogP contribution in [0.1, 0.15) is 54.9 Å². The van der Waals surface area contributed by atoms with Crippen LogP contribution in [0.25, 0.3) is 5.76 Å². The van der Waals surface area contributed by atoms with Crippen LogP contribution < -0.4 is 4.74 Å². The smallest absolute Gasteiger partial charge is 0.200 e. The minimum absolute atomic E-state index is 0.000264. The number of para-hydroxylation sites is 1. The first-order chi connectivity index (χ1) is 14.0. The van der Waals surface area contributed by atoms with Crippen LogP contribution >= 0.6 is 0 Å². The number of ether oxygens (including phenoxy) is 1. The summed E-state index contributed by atoms with van der Waals surface area (Å²) in [6.07, 6.45) is 3.01. The number of ketones is 1. The SMILES string of the molecule is CCCCC12CC/C(=C(\O)c3ccccc3F)C(O)=C1C(=O)c1ccccc1O2. The summed E-state index contributed by atoms with van der Waals surface area (Å²) >= 11 is 0. The van der Waals surface area contributed by atoms with E-state index in [0.29, 0.717) is 24.2 Å². The van der Waals surface area contributed by atoms with E-state index in [-0.39, 0.29) is 40.4 Å². The summed E-state index contributed by atoms with van der Waals surface area (Å²) in [4.78, 5) is 13.3. The molecule has 0 saturated heterocycles. The molecule has 0 amide bonds. The number of unbranched alkanes of at least 4 members (excludes halogenated alkanes) is 1. The van der Waals surface area contributed by atoms with E-state index in [1.165, 1.54) is 18.2 Å². The number of hydrogen-bond donors (Lipinski definition) is 2. The first-order valence-corrected chi connectivity index (χ1v) is 9.92. The van der Waals surface area contributed by atoms with Crippen molar-refractivity contribution in [3.05, 3.63) is 82.4 Å². The standard InChI is InChI=1S/C24H23FO4/c1-2-3-13-24-14-12-17(21(26)15-8-4-6-10-18(15)25)23(28)20(24)22(27)16-9-5-7-11-19(16)29-24/h4-11,26,28H,2-3,12-14H2,1H3/b21-17+. The van der Waals surface area contributed by atoms with Gasteiger partial charge in [0.05, 0.1) is 16.7 Å². The van der Waals surface area contributed by atoms with Crippen molar-refractivity contribution >= 4 is 11.5 Å². The van der Waals surface area contributed by atoms with Gasteiger partial charge < -0.3 is 14.9 Å². The maximum Gasteiger partial charge on any atom is 0.200 e. The molecule has 0 saturated carbocycles. The number of aliphatic hydroxyl groups is 2. The van der Waals surface area contributed by atoms with E-state index >= 15 is 0 Å². The molecule has 1 unspecified atom stereocenters. The fourth-order valence-corrected chi connectivity index (χ4v) is 4.25. The van der Waals surface area contributed by atoms with Crippen LogP contribution in [0.5, 0.6) is 5.75 Å². The topological polar surface area (TPSA) is 66.8 Å². The molecular weight excluding hydrogens is 371 g/mol. The molecule has 5 heteroatoms. The van der Waals surface area contributed by atoms with Crippen LogP contribution in [-0.4, -0.2) is 21.6 Å². The molecule has 1 atom stereocenters. The quantitative estimate of drug-likeness (QED) is 0.633. The Labute approximate surface area is 169 Å². The Kier molecular flexibility index (Phi) is 4.91. The van der Waals surface area contributed by atoms with Crippen LogP contribution in [0, 0.1) is 5.82 Å². The number of rotatable bonds is 4. The van der Waals surface area contributed by atoms with Gasteiger partial charge in [-0.3, -0.25) is 4.79 Å². The molecule has 0 bridgehead atoms. The lowest BCUT2D eigenvalue weighted by molar-refractivity contribution is 0.0536. The number of allylic oxidation sites excluding steroid dienone is 1. The summed E-state index contributed by atoms with van der Waals surface area (Å²) in [5.74, 6) is -1.03. The number of halogens is 1. The van der Waals surface area contributed by atoms with Crippen molar-refractivity contribution in [1.29, 1.82) is 0 Å². The first kappa shape index (κ1) is 19.2. The van der Waals surface area contributed by atoms with Crippen LogP contribution in [0.2, 0.25) is 0 Å². The molecule has 2 aliphatic rings. The molecule has 2 aromatic carbocycles. The predicted octanol–water partition coefficient (Wildman–Crippen LogP) is 5.91. The number of fused-ring (bicyclic) bond motifs is 2. The molecule has 4 nitrogen and oxygen atoms in total. The molecule has 0 radical (unpaired) electrons. The monoisotopic (exact) mass is 394 g/mol. The summed E-state index contributed by atoms with van der Waals surface area (Å²) in [6, 6.07) is 12.8. The molecule has 0 aromatic heterocycles. The molecule has 150 valence electrons. The Bertz CT molecular complexity index is 1040. The molecule has 1 aliphatic heterocycles. The van der Waals surface area contributed by atoms with E-state index < -0.39 is 11.4 Å². The van der Waals surface area contributed by atoms with Gasteiger partial charge in [-0.25, -0.2) is 4.39 Å². The number of aliphatic hydroxyl groups excluding tert-OH is 2. The van der Waals surface area contributed by atoms with Gasteiger partial charge in [-0.15, -0.1) is 0 Å². The third-order valence-electron chi connectivity index (χ3n) is 5.77. The summed E-state index contributed by atoms with van der Waals surface area (Å²) in [5, 5.41) is 21.8. The van der Waals surface area contributed by atoms with Gasteiger partial charge in [0.25, 0.3) is 0 Å². The van der Waals surface area contributed by atoms with E-state index in [9.17, 15) is 19.4 Å². The van der Waals surface area contributed by atoms with E-state index in [0.717, 1.165) is 12.8 Å². The number of hydrogen-bond acceptors (Lipinski definition) is 4. The minimum atomic E-state index is -0.940. The largest absolute Gasteiger partial charge is 0.507 e. The molecule has 2 N–H and O–H groups in total. The Morgan fingerprint density at radius 1 is 1.17 bits per heavy atom. The van der Waals surface area contributed by atoms with Crippen molar-refractivity contribution in [2.24, 2.45) is 0 Å². The second-order valence-corrected chi connectivity index (χ2v) is 7.56. The second-order valence-electron chi connectivity index (χ2n) is 7.56. The summed E-state index contributed by atoms with van der Waals surface area (Å²) in [5.41, 5.74) is -0.222. The minimum Gasteiger partial charge on any atom is -0.507 e. The lowest BCUT2D eigenvalue weighted by Crippen LogP contribution is -2.47. The average Bonchev–Trinajstić information content (AvgIpc) is 2.72. The van der Waals surface area contributed by atoms with Crippen molar-refractivity contribution in [1.82, 2.24) is 0 Å². The van der Waals surface area contributed by atoms with Gasteiger partial charge in [0.15, 0.2) is 5.78 Å². The number of carbonyl (C=O) groups excluding carboxylic acids is 1. The molecule has 0 fully saturated rings. The molecule has 1 heterocycles. The zero-order valence-corrected chi connectivity index (χ0v) is 16.2. The van der Waals surface area contributed by atoms with Crippen molar-refractivity contribution in [2.75, 3.05) is 0 Å². The number of Topliss-reactive ketones (excluding diaryl/α,β-unsaturated/α-hetero) is 1. The summed E-state index contributed by atoms with van der Waals surface area (Å²) in [7, 11) is 0. The molecular formula is C24H23FO4. The van der Waals surface area contributed by atoms with E-state index in [2.05, 4.69) is 6.92 Å². The van der Waals surface area contributed by atoms with Crippen molar-refractivity contribution in [3.8, 4) is 5.75 Å². The van der Waals surface area contributed by atoms with Crippen LogP contribution in [-0.2, 0) is 0 Å². The lowest BCUT2D eigenvalue weighted by atomic mass is 9.72. The van der Waals surface area contributed by atoms with Gasteiger partial charge in [0.2, 0.25) is 0 Å². The first-order valence-electron chi connectivity index (χ1n) is 9.92. The van der Waals surface area contributed by atoms with Crippen LogP contribution in [0.4, 0.5) is 4.39 Å². The van der Waals surface area contributed by atoms with Crippen molar-refractivity contribution in [2.45, 2.75) is 44.6 Å². The van der Waals surface area contributed by atoms with E-state index in [4.69, 9.17) is 4.74 Å². The van der Waals surface area contributed by atoms with Gasteiger partial charge in [-0.2, -0.15) is 0 Å². The average molecular weight is 394 g/mol. The zero-order valence-electron chi connectivity index (χ0n) is 16.2. The maximum absolute atomic E-state index is 14.2. The normalized spacial score (nSPS) is 22.6. The Balaban J connectivity index is 1.91. The second kappa shape index (κ2) is 7.39. The van der Waals surface area contributed by atoms with Gasteiger partial charge in [-0.05, 0) is 49.9 Å². The van der Waals surface area contributed by atoms with Crippen molar-refractivity contribution < 1.29 is 24.1 Å². The summed E-state index contributed by atoms with van der Waals surface area (Å²) in [6.45, 7) is 2.05. The third-order valence-corrected chi connectivity index (χ3v) is 5.77. The Morgan fingerprint density at radius 2 is 1.90 bits per heavy atom. The Hall–Kier alpha value is -3.08. The summed E-state index contributed by atoms with van der Waals surface area (Å²) < 4.78 is 20.5. The highest BCUT2D eigenvalue weighted by Gasteiger charge is 2.50. The molecule has 29 heavy (non-hydrogen) atoms. The zero-order chi connectivity index (χ0) is 20.6. The molecule has 1 aliphatic carbocycles. The molecule has 4 rings (SSSR count). The Morgan fingerprint density at radius 3 is 2.66 bits per heavy atom. The highest BCUT2D eigenvalue weighted by atomic mass is 19.1. The van der Waals surface area contributed by atoms with E-state index in [1.807, 2.05) is 6.07 Å². The molecule has 2 aromatic rings. The van der Waals surface area contributed by atoms with Crippen LogP contribution in [0.15, 0.2) is 65.4 Å².